The summed E-state index contributed by atoms with van der Waals surface area (Å²) in [6.45, 7) is 2.24. The Morgan fingerprint density at radius 1 is 0.969 bits per heavy atom. The third kappa shape index (κ3) is 6.49. The van der Waals surface area contributed by atoms with E-state index in [1.165, 1.54) is 6.21 Å². The Labute approximate surface area is 192 Å². The van der Waals surface area contributed by atoms with E-state index < -0.39 is 0 Å². The largest absolute Gasteiger partial charge is 0.493 e. The molecule has 7 heteroatoms. The molecule has 1 amide bonds. The number of para-hydroxylation sites is 1. The van der Waals surface area contributed by atoms with Crippen molar-refractivity contribution < 1.29 is 19.0 Å². The monoisotopic (exact) mass is 452 g/mol. The minimum Gasteiger partial charge on any atom is -0.493 e. The van der Waals surface area contributed by atoms with Crippen molar-refractivity contribution in [1.29, 1.82) is 0 Å². The number of halogens is 1. The number of rotatable bonds is 10. The van der Waals surface area contributed by atoms with Crippen molar-refractivity contribution in [3.8, 4) is 17.2 Å². The first-order valence-corrected chi connectivity index (χ1v) is 10.6. The van der Waals surface area contributed by atoms with Crippen LogP contribution >= 0.6 is 11.6 Å². The average Bonchev–Trinajstić information content (AvgIpc) is 2.82. The molecule has 0 heterocycles. The van der Waals surface area contributed by atoms with Gasteiger partial charge in [-0.2, -0.15) is 5.10 Å². The molecule has 6 nitrogen and oxygen atoms in total. The molecule has 0 aliphatic rings. The quantitative estimate of drug-likeness (QED) is 0.346. The van der Waals surface area contributed by atoms with Crippen LogP contribution in [0, 0.1) is 0 Å². The molecule has 1 N–H and O–H groups in total. The Balaban J connectivity index is 1.54. The number of nitrogens with zero attached hydrogens (tertiary/aromatic N) is 1. The molecular formula is C25H25ClN2O4. The molecule has 3 aromatic carbocycles. The highest BCUT2D eigenvalue weighted by Gasteiger charge is 2.08. The number of hydrazone groups is 1. The Hall–Kier alpha value is -3.51. The highest BCUT2D eigenvalue weighted by molar-refractivity contribution is 6.31. The molecule has 0 atom stereocenters. The van der Waals surface area contributed by atoms with Crippen LogP contribution in [0.4, 0.5) is 0 Å². The molecule has 0 saturated carbocycles. The standard InChI is InChI=1S/C25H25ClN2O4/c1-3-19-8-5-7-11-22(19)32-17-25(29)28-27-15-18-12-13-23(24(14-18)30-2)31-16-20-9-4-6-10-21(20)26/h4-15H,3,16-17H2,1-2H3,(H,28,29)/b27-15+. The molecule has 0 spiro atoms. The van der Waals surface area contributed by atoms with Crippen molar-refractivity contribution in [2.45, 2.75) is 20.0 Å². The molecule has 0 bridgehead atoms. The van der Waals surface area contributed by atoms with E-state index in [1.807, 2.05) is 61.5 Å². The lowest BCUT2D eigenvalue weighted by Gasteiger charge is -2.12. The van der Waals surface area contributed by atoms with Gasteiger partial charge in [0.2, 0.25) is 0 Å². The van der Waals surface area contributed by atoms with Gasteiger partial charge in [0.05, 0.1) is 13.3 Å². The maximum atomic E-state index is 12.0. The maximum absolute atomic E-state index is 12.0. The van der Waals surface area contributed by atoms with Crippen LogP contribution in [0.2, 0.25) is 5.02 Å². The van der Waals surface area contributed by atoms with Crippen molar-refractivity contribution >= 4 is 23.7 Å². The van der Waals surface area contributed by atoms with E-state index in [0.29, 0.717) is 28.9 Å². The number of carbonyl (C=O) groups is 1. The summed E-state index contributed by atoms with van der Waals surface area (Å²) in [5.74, 6) is 1.48. The molecule has 0 radical (unpaired) electrons. The lowest BCUT2D eigenvalue weighted by molar-refractivity contribution is -0.123. The number of aryl methyl sites for hydroxylation is 1. The number of amides is 1. The molecule has 3 aromatic rings. The molecule has 0 aliphatic heterocycles. The zero-order valence-corrected chi connectivity index (χ0v) is 18.8. The fourth-order valence-corrected chi connectivity index (χ4v) is 3.14. The SMILES string of the molecule is CCc1ccccc1OCC(=O)N/N=C/c1ccc(OCc2ccccc2Cl)c(OC)c1. The number of methoxy groups -OCH3 is 1. The first-order chi connectivity index (χ1) is 15.6. The van der Waals surface area contributed by atoms with Crippen LogP contribution in [0.1, 0.15) is 23.6 Å². The van der Waals surface area contributed by atoms with E-state index >= 15 is 0 Å². The molecular weight excluding hydrogens is 428 g/mol. The number of hydrogen-bond donors (Lipinski definition) is 1. The van der Waals surface area contributed by atoms with Crippen molar-refractivity contribution in [2.24, 2.45) is 5.10 Å². The van der Waals surface area contributed by atoms with E-state index in [4.69, 9.17) is 25.8 Å². The average molecular weight is 453 g/mol. The van der Waals surface area contributed by atoms with Crippen LogP contribution < -0.4 is 19.6 Å². The molecule has 3 rings (SSSR count). The predicted molar refractivity (Wildman–Crippen MR) is 126 cm³/mol. The third-order valence-corrected chi connectivity index (χ3v) is 5.01. The van der Waals surface area contributed by atoms with E-state index in [-0.39, 0.29) is 12.5 Å². The van der Waals surface area contributed by atoms with Crippen molar-refractivity contribution in [2.75, 3.05) is 13.7 Å². The number of hydrogen-bond acceptors (Lipinski definition) is 5. The summed E-state index contributed by atoms with van der Waals surface area (Å²) in [4.78, 5) is 12.0. The Morgan fingerprint density at radius 2 is 1.72 bits per heavy atom. The molecule has 32 heavy (non-hydrogen) atoms. The molecule has 0 unspecified atom stereocenters. The number of nitrogens with one attached hydrogen (secondary N) is 1. The van der Waals surface area contributed by atoms with Crippen LogP contribution in [0.3, 0.4) is 0 Å². The minimum atomic E-state index is -0.348. The first kappa shape index (κ1) is 23.2. The molecule has 166 valence electrons. The van der Waals surface area contributed by atoms with Gasteiger partial charge >= 0.3 is 0 Å². The van der Waals surface area contributed by atoms with E-state index in [2.05, 4.69) is 10.5 Å². The number of carbonyl (C=O) groups excluding carboxylic acids is 1. The zero-order chi connectivity index (χ0) is 22.8. The van der Waals surface area contributed by atoms with Crippen molar-refractivity contribution in [3.05, 3.63) is 88.4 Å². The summed E-state index contributed by atoms with van der Waals surface area (Å²) >= 11 is 6.17. The summed E-state index contributed by atoms with van der Waals surface area (Å²) in [6, 6.07) is 20.5. The highest BCUT2D eigenvalue weighted by Crippen LogP contribution is 2.29. The lowest BCUT2D eigenvalue weighted by Crippen LogP contribution is -2.24. The minimum absolute atomic E-state index is 0.119. The molecule has 0 aromatic heterocycles. The van der Waals surface area contributed by atoms with E-state index in [1.54, 1.807) is 19.2 Å². The summed E-state index contributed by atoms with van der Waals surface area (Å²) < 4.78 is 16.8. The topological polar surface area (TPSA) is 69.2 Å². The highest BCUT2D eigenvalue weighted by atomic mass is 35.5. The normalized spacial score (nSPS) is 10.7. The smallest absolute Gasteiger partial charge is 0.277 e. The summed E-state index contributed by atoms with van der Waals surface area (Å²) in [5, 5.41) is 4.63. The summed E-state index contributed by atoms with van der Waals surface area (Å²) in [6.07, 6.45) is 2.36. The molecule has 0 saturated heterocycles. The number of ether oxygens (including phenoxy) is 3. The molecule has 0 fully saturated rings. The Bertz CT molecular complexity index is 1090. The van der Waals surface area contributed by atoms with Gasteiger partial charge < -0.3 is 14.2 Å². The van der Waals surface area contributed by atoms with Gasteiger partial charge in [-0.25, -0.2) is 5.43 Å². The Morgan fingerprint density at radius 3 is 2.47 bits per heavy atom. The summed E-state index contributed by atoms with van der Waals surface area (Å²) in [7, 11) is 1.56. The van der Waals surface area contributed by atoms with Gasteiger partial charge in [0, 0.05) is 10.6 Å². The van der Waals surface area contributed by atoms with Crippen LogP contribution in [0.5, 0.6) is 17.2 Å². The van der Waals surface area contributed by atoms with Gasteiger partial charge in [-0.15, -0.1) is 0 Å². The van der Waals surface area contributed by atoms with Gasteiger partial charge in [-0.3, -0.25) is 4.79 Å². The lowest BCUT2D eigenvalue weighted by atomic mass is 10.1. The van der Waals surface area contributed by atoms with Crippen LogP contribution in [0.25, 0.3) is 0 Å². The third-order valence-electron chi connectivity index (χ3n) is 4.64. The van der Waals surface area contributed by atoms with Gasteiger partial charge in [-0.05, 0) is 47.9 Å². The van der Waals surface area contributed by atoms with Crippen LogP contribution in [-0.2, 0) is 17.8 Å². The fourth-order valence-electron chi connectivity index (χ4n) is 2.95. The zero-order valence-electron chi connectivity index (χ0n) is 18.0. The van der Waals surface area contributed by atoms with Gasteiger partial charge in [0.1, 0.15) is 12.4 Å². The second-order valence-corrected chi connectivity index (χ2v) is 7.24. The molecule has 0 aliphatic carbocycles. The van der Waals surface area contributed by atoms with Gasteiger partial charge in [0.15, 0.2) is 18.1 Å². The van der Waals surface area contributed by atoms with Crippen molar-refractivity contribution in [1.82, 2.24) is 5.43 Å². The fraction of sp³-hybridized carbons (Fsp3) is 0.200. The predicted octanol–water partition coefficient (Wildman–Crippen LogP) is 5.02. The van der Waals surface area contributed by atoms with Crippen molar-refractivity contribution in [3.63, 3.8) is 0 Å². The first-order valence-electron chi connectivity index (χ1n) is 10.2. The summed E-state index contributed by atoms with van der Waals surface area (Å²) in [5.41, 5.74) is 5.13. The second kappa shape index (κ2) is 11.8. The van der Waals surface area contributed by atoms with E-state index in [9.17, 15) is 4.79 Å². The van der Waals surface area contributed by atoms with Gasteiger partial charge in [0.25, 0.3) is 5.91 Å². The maximum Gasteiger partial charge on any atom is 0.277 e. The van der Waals surface area contributed by atoms with Crippen LogP contribution in [0.15, 0.2) is 71.8 Å². The Kier molecular flexibility index (Phi) is 8.52. The van der Waals surface area contributed by atoms with Crippen LogP contribution in [-0.4, -0.2) is 25.8 Å². The second-order valence-electron chi connectivity index (χ2n) is 6.83. The number of benzene rings is 3. The van der Waals surface area contributed by atoms with Gasteiger partial charge in [-0.1, -0.05) is 54.9 Å². The van der Waals surface area contributed by atoms with E-state index in [0.717, 1.165) is 23.1 Å².